The number of amides is 1. The van der Waals surface area contributed by atoms with Gasteiger partial charge in [-0.2, -0.15) is 0 Å². The van der Waals surface area contributed by atoms with E-state index in [0.29, 0.717) is 17.5 Å². The zero-order valence-electron chi connectivity index (χ0n) is 12.7. The second-order valence-corrected chi connectivity index (χ2v) is 5.40. The molecule has 1 unspecified atom stereocenters. The highest BCUT2D eigenvalue weighted by Crippen LogP contribution is 2.26. The molecule has 2 rings (SSSR count). The molecule has 7 nitrogen and oxygen atoms in total. The van der Waals surface area contributed by atoms with Crippen molar-refractivity contribution in [3.63, 3.8) is 0 Å². The highest BCUT2D eigenvalue weighted by atomic mass is 16.5. The molecule has 1 aromatic heterocycles. The Kier molecular flexibility index (Phi) is 4.97. The summed E-state index contributed by atoms with van der Waals surface area (Å²) >= 11 is 0. The number of aryl methyl sites for hydroxylation is 1. The zero-order chi connectivity index (χ0) is 16.3. The molecule has 7 heteroatoms. The summed E-state index contributed by atoms with van der Waals surface area (Å²) in [6, 6.07) is -1.03. The summed E-state index contributed by atoms with van der Waals surface area (Å²) in [5.74, 6) is -1.60. The van der Waals surface area contributed by atoms with Gasteiger partial charge in [0.25, 0.3) is 5.91 Å². The topological polar surface area (TPSA) is 108 Å². The van der Waals surface area contributed by atoms with E-state index in [9.17, 15) is 14.4 Å². The SMILES string of the molecule is COCCC(NC(=O)c1[nH]c2c(c1C)C(=O)CCC2)C(=O)O. The van der Waals surface area contributed by atoms with Crippen molar-refractivity contribution in [1.82, 2.24) is 10.3 Å². The first-order chi connectivity index (χ1) is 10.5. The Morgan fingerprint density at radius 1 is 1.41 bits per heavy atom. The van der Waals surface area contributed by atoms with Crippen molar-refractivity contribution >= 4 is 17.7 Å². The molecular weight excluding hydrogens is 288 g/mol. The lowest BCUT2D eigenvalue weighted by molar-refractivity contribution is -0.139. The van der Waals surface area contributed by atoms with E-state index in [1.807, 2.05) is 0 Å². The van der Waals surface area contributed by atoms with E-state index in [1.54, 1.807) is 6.92 Å². The molecule has 1 atom stereocenters. The van der Waals surface area contributed by atoms with E-state index in [0.717, 1.165) is 18.5 Å². The van der Waals surface area contributed by atoms with Crippen LogP contribution in [0, 0.1) is 6.92 Å². The fourth-order valence-electron chi connectivity index (χ4n) is 2.72. The molecular formula is C15H20N2O5. The number of aliphatic carboxylic acids is 1. The van der Waals surface area contributed by atoms with E-state index in [2.05, 4.69) is 10.3 Å². The Balaban J connectivity index is 2.19. The van der Waals surface area contributed by atoms with Crippen LogP contribution in [0.3, 0.4) is 0 Å². The van der Waals surface area contributed by atoms with E-state index >= 15 is 0 Å². The van der Waals surface area contributed by atoms with Gasteiger partial charge in [-0.1, -0.05) is 0 Å². The highest BCUT2D eigenvalue weighted by molar-refractivity contribution is 6.04. The van der Waals surface area contributed by atoms with Crippen molar-refractivity contribution < 1.29 is 24.2 Å². The van der Waals surface area contributed by atoms with Crippen molar-refractivity contribution in [2.24, 2.45) is 0 Å². The third-order valence-corrected chi connectivity index (χ3v) is 3.88. The van der Waals surface area contributed by atoms with Crippen molar-refractivity contribution in [1.29, 1.82) is 0 Å². The summed E-state index contributed by atoms with van der Waals surface area (Å²) in [4.78, 5) is 38.4. The third kappa shape index (κ3) is 3.19. The number of fused-ring (bicyclic) bond motifs is 1. The van der Waals surface area contributed by atoms with Gasteiger partial charge < -0.3 is 20.1 Å². The molecule has 1 aliphatic carbocycles. The van der Waals surface area contributed by atoms with Crippen molar-refractivity contribution in [2.75, 3.05) is 13.7 Å². The van der Waals surface area contributed by atoms with Gasteiger partial charge in [0.15, 0.2) is 5.78 Å². The van der Waals surface area contributed by atoms with E-state index in [4.69, 9.17) is 9.84 Å². The number of carbonyl (C=O) groups excluding carboxylic acids is 2. The second kappa shape index (κ2) is 6.74. The molecule has 1 aromatic rings. The maximum Gasteiger partial charge on any atom is 0.326 e. The smallest absolute Gasteiger partial charge is 0.326 e. The number of H-pyrrole nitrogens is 1. The highest BCUT2D eigenvalue weighted by Gasteiger charge is 2.28. The van der Waals surface area contributed by atoms with Crippen LogP contribution in [0.2, 0.25) is 0 Å². The van der Waals surface area contributed by atoms with Gasteiger partial charge >= 0.3 is 5.97 Å². The van der Waals surface area contributed by atoms with Crippen LogP contribution >= 0.6 is 0 Å². The van der Waals surface area contributed by atoms with Gasteiger partial charge in [0.1, 0.15) is 11.7 Å². The van der Waals surface area contributed by atoms with Crippen LogP contribution in [-0.4, -0.2) is 47.5 Å². The number of methoxy groups -OCH3 is 1. The van der Waals surface area contributed by atoms with E-state index < -0.39 is 17.9 Å². The van der Waals surface area contributed by atoms with Gasteiger partial charge in [-0.25, -0.2) is 4.79 Å². The molecule has 0 saturated heterocycles. The Bertz CT molecular complexity index is 605. The summed E-state index contributed by atoms with van der Waals surface area (Å²) < 4.78 is 4.85. The summed E-state index contributed by atoms with van der Waals surface area (Å²) in [6.07, 6.45) is 2.15. The standard InChI is InChI=1S/C15H20N2O5/c1-8-12-9(4-3-5-11(12)18)16-13(8)14(19)17-10(15(20)21)6-7-22-2/h10,16H,3-7H2,1-2H3,(H,17,19)(H,20,21). The molecule has 0 spiro atoms. The molecule has 1 aliphatic rings. The fraction of sp³-hybridized carbons (Fsp3) is 0.533. The van der Waals surface area contributed by atoms with Crippen LogP contribution in [0.15, 0.2) is 0 Å². The number of Topliss-reactive ketones (excluding diaryl/α,β-unsaturated/α-hetero) is 1. The lowest BCUT2D eigenvalue weighted by Crippen LogP contribution is -2.41. The average Bonchev–Trinajstić information content (AvgIpc) is 2.81. The fourth-order valence-corrected chi connectivity index (χ4v) is 2.72. The van der Waals surface area contributed by atoms with Crippen LogP contribution in [0.1, 0.15) is 51.4 Å². The maximum absolute atomic E-state index is 12.3. The normalized spacial score (nSPS) is 15.3. The number of ether oxygens (including phenoxy) is 1. The largest absolute Gasteiger partial charge is 0.480 e. The molecule has 3 N–H and O–H groups in total. The number of aromatic nitrogens is 1. The molecule has 120 valence electrons. The van der Waals surface area contributed by atoms with Crippen molar-refractivity contribution in [2.45, 2.75) is 38.6 Å². The predicted molar refractivity (Wildman–Crippen MR) is 78.2 cm³/mol. The molecule has 22 heavy (non-hydrogen) atoms. The van der Waals surface area contributed by atoms with Gasteiger partial charge in [0.05, 0.1) is 0 Å². The second-order valence-electron chi connectivity index (χ2n) is 5.40. The summed E-state index contributed by atoms with van der Waals surface area (Å²) in [6.45, 7) is 1.94. The van der Waals surface area contributed by atoms with Gasteiger partial charge in [0, 0.05) is 37.8 Å². The number of carboxylic acid groups (broad SMARTS) is 1. The molecule has 0 bridgehead atoms. The molecule has 1 heterocycles. The minimum absolute atomic E-state index is 0.0308. The number of aromatic amines is 1. The first-order valence-corrected chi connectivity index (χ1v) is 7.23. The predicted octanol–water partition coefficient (Wildman–Crippen LogP) is 1.06. The monoisotopic (exact) mass is 308 g/mol. The van der Waals surface area contributed by atoms with E-state index in [1.165, 1.54) is 7.11 Å². The first kappa shape index (κ1) is 16.2. The Morgan fingerprint density at radius 3 is 2.73 bits per heavy atom. The maximum atomic E-state index is 12.3. The molecule has 0 fully saturated rings. The molecule has 0 saturated carbocycles. The van der Waals surface area contributed by atoms with Crippen molar-refractivity contribution in [3.05, 3.63) is 22.5 Å². The number of ketones is 1. The number of carbonyl (C=O) groups is 3. The van der Waals surface area contributed by atoms with Crippen LogP contribution in [0.25, 0.3) is 0 Å². The van der Waals surface area contributed by atoms with Crippen LogP contribution in [-0.2, 0) is 16.0 Å². The Labute approximate surface area is 128 Å². The lowest BCUT2D eigenvalue weighted by Gasteiger charge is -2.13. The number of rotatable bonds is 6. The lowest BCUT2D eigenvalue weighted by atomic mass is 9.94. The minimum Gasteiger partial charge on any atom is -0.480 e. The average molecular weight is 308 g/mol. The van der Waals surface area contributed by atoms with Gasteiger partial charge in [-0.3, -0.25) is 9.59 Å². The van der Waals surface area contributed by atoms with Crippen LogP contribution in [0.4, 0.5) is 0 Å². The molecule has 1 amide bonds. The summed E-state index contributed by atoms with van der Waals surface area (Å²) in [5.41, 5.74) is 2.21. The zero-order valence-corrected chi connectivity index (χ0v) is 12.7. The Morgan fingerprint density at radius 2 is 2.14 bits per heavy atom. The molecule has 0 radical (unpaired) electrons. The van der Waals surface area contributed by atoms with Crippen molar-refractivity contribution in [3.8, 4) is 0 Å². The van der Waals surface area contributed by atoms with E-state index in [-0.39, 0.29) is 24.5 Å². The van der Waals surface area contributed by atoms with Crippen LogP contribution in [0.5, 0.6) is 0 Å². The van der Waals surface area contributed by atoms with Gasteiger partial charge in [-0.15, -0.1) is 0 Å². The summed E-state index contributed by atoms with van der Waals surface area (Å²) in [5, 5.41) is 11.6. The Hall–Kier alpha value is -2.15. The van der Waals surface area contributed by atoms with Gasteiger partial charge in [0.2, 0.25) is 0 Å². The number of hydrogen-bond donors (Lipinski definition) is 3. The van der Waals surface area contributed by atoms with Crippen LogP contribution < -0.4 is 5.32 Å². The molecule has 0 aromatic carbocycles. The quantitative estimate of drug-likeness (QED) is 0.728. The molecule has 0 aliphatic heterocycles. The number of carboxylic acids is 1. The number of nitrogens with one attached hydrogen (secondary N) is 2. The minimum atomic E-state index is -1.12. The van der Waals surface area contributed by atoms with Gasteiger partial charge in [-0.05, 0) is 25.3 Å². The first-order valence-electron chi connectivity index (χ1n) is 7.23. The number of hydrogen-bond acceptors (Lipinski definition) is 4. The third-order valence-electron chi connectivity index (χ3n) is 3.88. The summed E-state index contributed by atoms with van der Waals surface area (Å²) in [7, 11) is 1.47.